The zero-order valence-electron chi connectivity index (χ0n) is 18.1. The predicted octanol–water partition coefficient (Wildman–Crippen LogP) is 4.70. The molecule has 2 aromatic heterocycles. The Kier molecular flexibility index (Phi) is 7.83. The van der Waals surface area contributed by atoms with Gasteiger partial charge >= 0.3 is 0 Å². The number of H-pyrrole nitrogens is 1. The molecule has 2 N–H and O–H groups in total. The summed E-state index contributed by atoms with van der Waals surface area (Å²) in [5.74, 6) is -0.0102. The molecule has 0 radical (unpaired) electrons. The van der Waals surface area contributed by atoms with Crippen molar-refractivity contribution >= 4 is 45.5 Å². The molecule has 3 aromatic rings. The number of hydrogen-bond acceptors (Lipinski definition) is 6. The second kappa shape index (κ2) is 11.0. The summed E-state index contributed by atoms with van der Waals surface area (Å²) in [7, 11) is 0. The van der Waals surface area contributed by atoms with Gasteiger partial charge in [-0.3, -0.25) is 19.1 Å². The van der Waals surface area contributed by atoms with Crippen LogP contribution in [0.4, 0.5) is 5.13 Å². The van der Waals surface area contributed by atoms with Crippen LogP contribution in [0, 0.1) is 4.77 Å². The highest BCUT2D eigenvalue weighted by molar-refractivity contribution is 7.71. The molecule has 32 heavy (non-hydrogen) atoms. The minimum absolute atomic E-state index is 0.0102. The number of anilines is 1. The lowest BCUT2D eigenvalue weighted by Gasteiger charge is -2.25. The van der Waals surface area contributed by atoms with Gasteiger partial charge in [0.05, 0.1) is 16.6 Å². The lowest BCUT2D eigenvalue weighted by Crippen LogP contribution is -2.29. The number of hydrogen-bond donors (Lipinski definition) is 2. The average molecular weight is 472 g/mol. The van der Waals surface area contributed by atoms with Gasteiger partial charge in [0.2, 0.25) is 5.91 Å². The van der Waals surface area contributed by atoms with Crippen LogP contribution in [-0.2, 0) is 17.9 Å². The Labute approximate surface area is 196 Å². The fraction of sp³-hybridized carbons (Fsp3) is 0.478. The smallest absolute Gasteiger partial charge is 0.262 e. The van der Waals surface area contributed by atoms with Gasteiger partial charge in [-0.25, -0.2) is 4.98 Å². The Morgan fingerprint density at radius 3 is 2.81 bits per heavy atom. The van der Waals surface area contributed by atoms with Gasteiger partial charge in [-0.15, -0.1) is 11.3 Å². The van der Waals surface area contributed by atoms with Crippen molar-refractivity contribution in [3.63, 3.8) is 0 Å². The molecule has 0 saturated carbocycles. The third-order valence-corrected chi connectivity index (χ3v) is 6.94. The third kappa shape index (κ3) is 5.90. The van der Waals surface area contributed by atoms with E-state index in [-0.39, 0.29) is 11.5 Å². The SMILES string of the molecule is O=C(CCCCCn1c(=S)[nH]c2ccccc2c1=O)Nc1nc(CN2CCCCC2)cs1. The molecule has 1 aliphatic rings. The monoisotopic (exact) mass is 471 g/mol. The van der Waals surface area contributed by atoms with Crippen LogP contribution in [0.15, 0.2) is 34.4 Å². The van der Waals surface area contributed by atoms with Crippen molar-refractivity contribution in [3.05, 3.63) is 50.5 Å². The number of likely N-dealkylation sites (tertiary alicyclic amines) is 1. The second-order valence-corrected chi connectivity index (χ2v) is 9.52. The van der Waals surface area contributed by atoms with Gasteiger partial charge < -0.3 is 10.3 Å². The topological polar surface area (TPSA) is 83.0 Å². The van der Waals surface area contributed by atoms with E-state index < -0.39 is 0 Å². The number of fused-ring (bicyclic) bond motifs is 1. The fourth-order valence-electron chi connectivity index (χ4n) is 4.10. The maximum absolute atomic E-state index is 12.7. The van der Waals surface area contributed by atoms with Gasteiger partial charge in [0.15, 0.2) is 9.90 Å². The summed E-state index contributed by atoms with van der Waals surface area (Å²) in [5.41, 5.74) is 1.73. The first-order valence-electron chi connectivity index (χ1n) is 11.3. The fourth-order valence-corrected chi connectivity index (χ4v) is 5.10. The van der Waals surface area contributed by atoms with Gasteiger partial charge in [0.25, 0.3) is 5.56 Å². The number of aromatic nitrogens is 3. The summed E-state index contributed by atoms with van der Waals surface area (Å²) in [4.78, 5) is 35.0. The first-order valence-corrected chi connectivity index (χ1v) is 12.6. The number of nitrogens with one attached hydrogen (secondary N) is 2. The molecule has 0 unspecified atom stereocenters. The van der Waals surface area contributed by atoms with E-state index in [1.54, 1.807) is 10.6 Å². The first kappa shape index (κ1) is 22.8. The Morgan fingerprint density at radius 1 is 1.16 bits per heavy atom. The molecule has 170 valence electrons. The Bertz CT molecular complexity index is 1180. The van der Waals surface area contributed by atoms with Crippen molar-refractivity contribution in [1.82, 2.24) is 19.4 Å². The predicted molar refractivity (Wildman–Crippen MR) is 132 cm³/mol. The molecular weight excluding hydrogens is 442 g/mol. The van der Waals surface area contributed by atoms with E-state index in [1.165, 1.54) is 30.6 Å². The number of piperidine rings is 1. The molecule has 1 amide bonds. The highest BCUT2D eigenvalue weighted by Gasteiger charge is 2.13. The summed E-state index contributed by atoms with van der Waals surface area (Å²) >= 11 is 6.84. The number of benzene rings is 1. The molecule has 1 aromatic carbocycles. The van der Waals surface area contributed by atoms with E-state index in [2.05, 4.69) is 20.2 Å². The molecule has 9 heteroatoms. The van der Waals surface area contributed by atoms with E-state index in [4.69, 9.17) is 12.2 Å². The molecule has 7 nitrogen and oxygen atoms in total. The molecule has 3 heterocycles. The zero-order chi connectivity index (χ0) is 22.3. The molecular formula is C23H29N5O2S2. The quantitative estimate of drug-likeness (QED) is 0.349. The number of carbonyl (C=O) groups is 1. The van der Waals surface area contributed by atoms with Gasteiger partial charge in [-0.05, 0) is 63.1 Å². The van der Waals surface area contributed by atoms with Crippen LogP contribution in [0.1, 0.15) is 50.6 Å². The number of rotatable bonds is 9. The minimum atomic E-state index is -0.0637. The van der Waals surface area contributed by atoms with E-state index in [0.717, 1.165) is 50.1 Å². The summed E-state index contributed by atoms with van der Waals surface area (Å²) in [5, 5.41) is 6.28. The van der Waals surface area contributed by atoms with Crippen molar-refractivity contribution in [1.29, 1.82) is 0 Å². The molecule has 0 aliphatic carbocycles. The Morgan fingerprint density at radius 2 is 1.97 bits per heavy atom. The lowest BCUT2D eigenvalue weighted by atomic mass is 10.1. The second-order valence-electron chi connectivity index (χ2n) is 8.27. The van der Waals surface area contributed by atoms with Crippen LogP contribution in [0.3, 0.4) is 0 Å². The lowest BCUT2D eigenvalue weighted by molar-refractivity contribution is -0.116. The first-order chi connectivity index (χ1) is 15.6. The van der Waals surface area contributed by atoms with Crippen LogP contribution in [0.2, 0.25) is 0 Å². The Balaban J connectivity index is 1.19. The van der Waals surface area contributed by atoms with E-state index in [0.29, 0.717) is 28.3 Å². The van der Waals surface area contributed by atoms with Crippen molar-refractivity contribution in [2.45, 2.75) is 58.0 Å². The van der Waals surface area contributed by atoms with Crippen LogP contribution in [0.5, 0.6) is 0 Å². The van der Waals surface area contributed by atoms with Gasteiger partial charge in [0, 0.05) is 24.9 Å². The molecule has 1 fully saturated rings. The average Bonchev–Trinajstić information content (AvgIpc) is 3.22. The minimum Gasteiger partial charge on any atom is -0.332 e. The van der Waals surface area contributed by atoms with E-state index in [9.17, 15) is 9.59 Å². The summed E-state index contributed by atoms with van der Waals surface area (Å²) in [6, 6.07) is 7.39. The number of thiazole rings is 1. The zero-order valence-corrected chi connectivity index (χ0v) is 19.8. The van der Waals surface area contributed by atoms with Gasteiger partial charge in [-0.1, -0.05) is 25.0 Å². The number of nitrogens with zero attached hydrogens (tertiary/aromatic N) is 3. The third-order valence-electron chi connectivity index (χ3n) is 5.81. The number of carbonyl (C=O) groups excluding carboxylic acids is 1. The van der Waals surface area contributed by atoms with Crippen LogP contribution in [-0.4, -0.2) is 38.4 Å². The van der Waals surface area contributed by atoms with Crippen LogP contribution in [0.25, 0.3) is 10.9 Å². The normalized spacial score (nSPS) is 14.6. The number of aromatic amines is 1. The van der Waals surface area contributed by atoms with Crippen molar-refractivity contribution in [2.24, 2.45) is 0 Å². The van der Waals surface area contributed by atoms with Crippen molar-refractivity contribution in [2.75, 3.05) is 18.4 Å². The van der Waals surface area contributed by atoms with E-state index in [1.807, 2.05) is 23.6 Å². The number of amides is 1. The molecule has 1 saturated heterocycles. The summed E-state index contributed by atoms with van der Waals surface area (Å²) in [6.45, 7) is 3.68. The highest BCUT2D eigenvalue weighted by atomic mass is 32.1. The number of unbranched alkanes of at least 4 members (excludes halogenated alkanes) is 2. The van der Waals surface area contributed by atoms with Gasteiger partial charge in [-0.2, -0.15) is 0 Å². The summed E-state index contributed by atoms with van der Waals surface area (Å²) < 4.78 is 2.05. The maximum Gasteiger partial charge on any atom is 0.262 e. The van der Waals surface area contributed by atoms with Crippen molar-refractivity contribution < 1.29 is 4.79 Å². The highest BCUT2D eigenvalue weighted by Crippen LogP contribution is 2.19. The standard InChI is InChI=1S/C23H29N5O2S2/c29-20(26-22-24-17(16-32-22)15-27-12-6-2-7-13-27)11-3-1-8-14-28-21(30)18-9-4-5-10-19(18)25-23(28)31/h4-5,9-10,16H,1-3,6-8,11-15H2,(H,25,31)(H,24,26,29). The van der Waals surface area contributed by atoms with Crippen molar-refractivity contribution in [3.8, 4) is 0 Å². The maximum atomic E-state index is 12.7. The summed E-state index contributed by atoms with van der Waals surface area (Å²) in [6.07, 6.45) is 6.68. The Hall–Kier alpha value is -2.36. The molecule has 4 rings (SSSR count). The van der Waals surface area contributed by atoms with Crippen LogP contribution < -0.4 is 10.9 Å². The molecule has 0 spiro atoms. The largest absolute Gasteiger partial charge is 0.332 e. The van der Waals surface area contributed by atoms with E-state index >= 15 is 0 Å². The molecule has 0 bridgehead atoms. The van der Waals surface area contributed by atoms with Crippen LogP contribution >= 0.6 is 23.6 Å². The van der Waals surface area contributed by atoms with Gasteiger partial charge in [0.1, 0.15) is 0 Å². The molecule has 1 aliphatic heterocycles. The molecule has 0 atom stereocenters. The number of para-hydroxylation sites is 1.